The van der Waals surface area contributed by atoms with E-state index >= 15 is 0 Å². The number of nitrogens with zero attached hydrogens (tertiary/aromatic N) is 1. The van der Waals surface area contributed by atoms with Gasteiger partial charge in [-0.3, -0.25) is 0 Å². The maximum absolute atomic E-state index is 4.04. The molecular weight excluding hydrogens is 172 g/mol. The molecule has 1 unspecified atom stereocenters. The molecule has 1 aliphatic rings. The molecule has 2 heteroatoms. The Labute approximate surface area is 88.4 Å². The molecule has 1 N–H and O–H groups in total. The van der Waals surface area contributed by atoms with E-state index in [0.717, 1.165) is 13.0 Å². The van der Waals surface area contributed by atoms with Crippen LogP contribution in [0.25, 0.3) is 0 Å². The lowest BCUT2D eigenvalue weighted by Crippen LogP contribution is -2.42. The Morgan fingerprint density at radius 1 is 1.50 bits per heavy atom. The molecule has 2 nitrogen and oxygen atoms in total. The summed E-state index contributed by atoms with van der Waals surface area (Å²) in [5.41, 5.74) is 1.34. The molecule has 0 spiro atoms. The summed E-state index contributed by atoms with van der Waals surface area (Å²) in [6.45, 7) is 9.64. The first-order chi connectivity index (χ1) is 6.72. The summed E-state index contributed by atoms with van der Waals surface area (Å²) in [4.78, 5) is 2.38. The Morgan fingerprint density at radius 3 is 2.86 bits per heavy atom. The maximum atomic E-state index is 4.04. The number of nitrogens with one attached hydrogen (secondary N) is 1. The molecule has 1 fully saturated rings. The van der Waals surface area contributed by atoms with Crippen LogP contribution in [0.5, 0.6) is 0 Å². The van der Waals surface area contributed by atoms with E-state index in [-0.39, 0.29) is 0 Å². The van der Waals surface area contributed by atoms with Gasteiger partial charge in [0.25, 0.3) is 0 Å². The predicted octanol–water partition coefficient (Wildman–Crippen LogP) is 2.03. The first-order valence-electron chi connectivity index (χ1n) is 5.81. The molecule has 82 valence electrons. The molecule has 1 aliphatic heterocycles. The lowest BCUT2D eigenvalue weighted by Gasteiger charge is -2.28. The molecule has 0 aromatic carbocycles. The second kappa shape index (κ2) is 6.20. The van der Waals surface area contributed by atoms with E-state index in [0.29, 0.717) is 6.04 Å². The quantitative estimate of drug-likeness (QED) is 0.677. The Hall–Kier alpha value is -0.340. The third kappa shape index (κ3) is 4.25. The van der Waals surface area contributed by atoms with E-state index in [9.17, 15) is 0 Å². The molecule has 0 aromatic rings. The van der Waals surface area contributed by atoms with Crippen LogP contribution in [0.2, 0.25) is 0 Å². The van der Waals surface area contributed by atoms with Gasteiger partial charge in [-0.25, -0.2) is 0 Å². The molecule has 1 saturated heterocycles. The van der Waals surface area contributed by atoms with Crippen LogP contribution in [-0.4, -0.2) is 37.6 Å². The number of hydrogen-bond donors (Lipinski definition) is 1. The lowest BCUT2D eigenvalue weighted by molar-refractivity contribution is 0.276. The van der Waals surface area contributed by atoms with Crippen molar-refractivity contribution >= 4 is 0 Å². The molecule has 0 radical (unpaired) electrons. The molecule has 0 aliphatic carbocycles. The summed E-state index contributed by atoms with van der Waals surface area (Å²) in [6.07, 6.45) is 5.17. The van der Waals surface area contributed by atoms with Gasteiger partial charge < -0.3 is 10.2 Å². The van der Waals surface area contributed by atoms with E-state index in [1.165, 1.54) is 37.9 Å². The topological polar surface area (TPSA) is 15.3 Å². The van der Waals surface area contributed by atoms with Crippen LogP contribution in [0.3, 0.4) is 0 Å². The van der Waals surface area contributed by atoms with Crippen molar-refractivity contribution in [3.63, 3.8) is 0 Å². The third-order valence-corrected chi connectivity index (χ3v) is 2.94. The van der Waals surface area contributed by atoms with Gasteiger partial charge in [-0.05, 0) is 32.9 Å². The van der Waals surface area contributed by atoms with Crippen LogP contribution in [0.4, 0.5) is 0 Å². The number of hydrogen-bond acceptors (Lipinski definition) is 2. The van der Waals surface area contributed by atoms with Crippen molar-refractivity contribution in [3.05, 3.63) is 12.2 Å². The largest absolute Gasteiger partial charge is 0.313 e. The van der Waals surface area contributed by atoms with Crippen molar-refractivity contribution in [2.45, 2.75) is 38.6 Å². The molecule has 1 heterocycles. The number of rotatable bonds is 5. The second-order valence-corrected chi connectivity index (χ2v) is 4.45. The van der Waals surface area contributed by atoms with E-state index < -0.39 is 0 Å². The molecule has 14 heavy (non-hydrogen) atoms. The summed E-state index contributed by atoms with van der Waals surface area (Å²) in [6, 6.07) is 0.707. The first-order valence-corrected chi connectivity index (χ1v) is 5.81. The van der Waals surface area contributed by atoms with Crippen LogP contribution in [0, 0.1) is 0 Å². The standard InChI is InChI=1S/C12H24N2/c1-4-11(2)9-14(3)10-12-7-5-6-8-13-12/h12-13H,2,4-10H2,1,3H3. The summed E-state index contributed by atoms with van der Waals surface area (Å²) in [7, 11) is 2.19. The zero-order chi connectivity index (χ0) is 10.4. The van der Waals surface area contributed by atoms with Crippen molar-refractivity contribution in [3.8, 4) is 0 Å². The summed E-state index contributed by atoms with van der Waals surface area (Å²) >= 11 is 0. The average Bonchev–Trinajstić information content (AvgIpc) is 2.19. The number of likely N-dealkylation sites (N-methyl/N-ethyl adjacent to an activating group) is 1. The molecule has 0 amide bonds. The van der Waals surface area contributed by atoms with Crippen molar-refractivity contribution in [2.24, 2.45) is 0 Å². The first kappa shape index (κ1) is 11.7. The molecular formula is C12H24N2. The number of piperidine rings is 1. The minimum atomic E-state index is 0.707. The highest BCUT2D eigenvalue weighted by Gasteiger charge is 2.14. The molecule has 0 aromatic heterocycles. The summed E-state index contributed by atoms with van der Waals surface area (Å²) < 4.78 is 0. The normalized spacial score (nSPS) is 22.6. The molecule has 1 rings (SSSR count). The fourth-order valence-electron chi connectivity index (χ4n) is 2.01. The van der Waals surface area contributed by atoms with Crippen molar-refractivity contribution < 1.29 is 0 Å². The third-order valence-electron chi connectivity index (χ3n) is 2.94. The van der Waals surface area contributed by atoms with Gasteiger partial charge in [-0.1, -0.05) is 25.5 Å². The fraction of sp³-hybridized carbons (Fsp3) is 0.833. The molecule has 0 saturated carbocycles. The van der Waals surface area contributed by atoms with Crippen molar-refractivity contribution in [1.82, 2.24) is 10.2 Å². The molecule has 0 bridgehead atoms. The van der Waals surface area contributed by atoms with Crippen molar-refractivity contribution in [2.75, 3.05) is 26.7 Å². The Morgan fingerprint density at radius 2 is 2.29 bits per heavy atom. The fourth-order valence-corrected chi connectivity index (χ4v) is 2.01. The van der Waals surface area contributed by atoms with Crippen LogP contribution in [-0.2, 0) is 0 Å². The van der Waals surface area contributed by atoms with Crippen molar-refractivity contribution in [1.29, 1.82) is 0 Å². The Balaban J connectivity index is 2.18. The van der Waals surface area contributed by atoms with Gasteiger partial charge >= 0.3 is 0 Å². The minimum absolute atomic E-state index is 0.707. The van der Waals surface area contributed by atoms with Gasteiger partial charge in [-0.2, -0.15) is 0 Å². The Kier molecular flexibility index (Phi) is 5.20. The van der Waals surface area contributed by atoms with Gasteiger partial charge in [0.2, 0.25) is 0 Å². The van der Waals surface area contributed by atoms with E-state index in [1.807, 2.05) is 0 Å². The van der Waals surface area contributed by atoms with Crippen LogP contribution in [0.15, 0.2) is 12.2 Å². The second-order valence-electron chi connectivity index (χ2n) is 4.45. The van der Waals surface area contributed by atoms with E-state index in [4.69, 9.17) is 0 Å². The zero-order valence-electron chi connectivity index (χ0n) is 9.68. The SMILES string of the molecule is C=C(CC)CN(C)CC1CCCCN1. The van der Waals surface area contributed by atoms with Crippen LogP contribution < -0.4 is 5.32 Å². The van der Waals surface area contributed by atoms with Crippen LogP contribution >= 0.6 is 0 Å². The van der Waals surface area contributed by atoms with Crippen LogP contribution in [0.1, 0.15) is 32.6 Å². The highest BCUT2D eigenvalue weighted by molar-refractivity contribution is 4.95. The zero-order valence-corrected chi connectivity index (χ0v) is 9.68. The van der Waals surface area contributed by atoms with Gasteiger partial charge in [0, 0.05) is 19.1 Å². The van der Waals surface area contributed by atoms with Gasteiger partial charge in [0.05, 0.1) is 0 Å². The highest BCUT2D eigenvalue weighted by Crippen LogP contribution is 2.08. The highest BCUT2D eigenvalue weighted by atomic mass is 15.1. The summed E-state index contributed by atoms with van der Waals surface area (Å²) in [5, 5.41) is 3.57. The predicted molar refractivity (Wildman–Crippen MR) is 62.6 cm³/mol. The Bertz CT molecular complexity index is 171. The maximum Gasteiger partial charge on any atom is 0.0195 e. The molecule has 1 atom stereocenters. The minimum Gasteiger partial charge on any atom is -0.313 e. The van der Waals surface area contributed by atoms with E-state index in [1.54, 1.807) is 0 Å². The lowest BCUT2D eigenvalue weighted by atomic mass is 10.0. The summed E-state index contributed by atoms with van der Waals surface area (Å²) in [5.74, 6) is 0. The average molecular weight is 196 g/mol. The monoisotopic (exact) mass is 196 g/mol. The van der Waals surface area contributed by atoms with Gasteiger partial charge in [0.1, 0.15) is 0 Å². The van der Waals surface area contributed by atoms with Gasteiger partial charge in [0.15, 0.2) is 0 Å². The van der Waals surface area contributed by atoms with E-state index in [2.05, 4.69) is 30.8 Å². The smallest absolute Gasteiger partial charge is 0.0195 e. The van der Waals surface area contributed by atoms with Gasteiger partial charge in [-0.15, -0.1) is 0 Å².